The molecule has 0 radical (unpaired) electrons. The van der Waals surface area contributed by atoms with Gasteiger partial charge in [-0.3, -0.25) is 0 Å². The summed E-state index contributed by atoms with van der Waals surface area (Å²) in [6, 6.07) is 7.81. The SMILES string of the molecule is N#Cc1cc(C(CO)NC2CCCC2)ccc1N. The van der Waals surface area contributed by atoms with Crippen LogP contribution in [-0.4, -0.2) is 17.8 Å². The number of nitrogens with one attached hydrogen (secondary N) is 1. The number of hydrogen-bond acceptors (Lipinski definition) is 4. The van der Waals surface area contributed by atoms with Gasteiger partial charge in [-0.15, -0.1) is 0 Å². The lowest BCUT2D eigenvalue weighted by molar-refractivity contribution is 0.233. The molecule has 2 rings (SSSR count). The molecule has 96 valence electrons. The second-order valence-electron chi connectivity index (χ2n) is 4.84. The highest BCUT2D eigenvalue weighted by Crippen LogP contribution is 2.23. The van der Waals surface area contributed by atoms with Crippen molar-refractivity contribution in [3.63, 3.8) is 0 Å². The van der Waals surface area contributed by atoms with Gasteiger partial charge in [0, 0.05) is 11.7 Å². The van der Waals surface area contributed by atoms with Gasteiger partial charge in [-0.05, 0) is 30.5 Å². The van der Waals surface area contributed by atoms with Crippen LogP contribution >= 0.6 is 0 Å². The molecule has 1 aliphatic carbocycles. The Balaban J connectivity index is 2.14. The molecule has 0 saturated heterocycles. The molecule has 1 aromatic rings. The van der Waals surface area contributed by atoms with Crippen molar-refractivity contribution < 1.29 is 5.11 Å². The quantitative estimate of drug-likeness (QED) is 0.705. The van der Waals surface area contributed by atoms with Gasteiger partial charge in [-0.2, -0.15) is 5.26 Å². The summed E-state index contributed by atoms with van der Waals surface area (Å²) in [5, 5.41) is 21.9. The zero-order valence-electron chi connectivity index (χ0n) is 10.4. The highest BCUT2D eigenvalue weighted by atomic mass is 16.3. The Morgan fingerprint density at radius 2 is 2.17 bits per heavy atom. The number of hydrogen-bond donors (Lipinski definition) is 3. The van der Waals surface area contributed by atoms with E-state index >= 15 is 0 Å². The summed E-state index contributed by atoms with van der Waals surface area (Å²) in [5.74, 6) is 0. The molecule has 0 aromatic heterocycles. The number of aliphatic hydroxyl groups is 1. The largest absolute Gasteiger partial charge is 0.398 e. The average Bonchev–Trinajstić information content (AvgIpc) is 2.89. The minimum Gasteiger partial charge on any atom is -0.398 e. The van der Waals surface area contributed by atoms with Gasteiger partial charge in [-0.1, -0.05) is 18.9 Å². The van der Waals surface area contributed by atoms with Crippen LogP contribution in [0.3, 0.4) is 0 Å². The summed E-state index contributed by atoms with van der Waals surface area (Å²) in [6.07, 6.45) is 4.83. The number of nitriles is 1. The van der Waals surface area contributed by atoms with Crippen molar-refractivity contribution in [3.05, 3.63) is 29.3 Å². The summed E-state index contributed by atoms with van der Waals surface area (Å²) in [6.45, 7) is 0.0330. The Kier molecular flexibility index (Phi) is 4.19. The number of anilines is 1. The van der Waals surface area contributed by atoms with Crippen molar-refractivity contribution in [2.24, 2.45) is 0 Å². The molecule has 4 heteroatoms. The zero-order chi connectivity index (χ0) is 13.0. The first-order valence-electron chi connectivity index (χ1n) is 6.41. The Morgan fingerprint density at radius 3 is 2.78 bits per heavy atom. The number of rotatable bonds is 4. The Labute approximate surface area is 107 Å². The highest BCUT2D eigenvalue weighted by Gasteiger charge is 2.20. The molecule has 4 nitrogen and oxygen atoms in total. The Bertz CT molecular complexity index is 447. The second kappa shape index (κ2) is 5.85. The lowest BCUT2D eigenvalue weighted by Crippen LogP contribution is -2.32. The van der Waals surface area contributed by atoms with Crippen LogP contribution in [0.5, 0.6) is 0 Å². The fraction of sp³-hybridized carbons (Fsp3) is 0.500. The molecule has 1 atom stereocenters. The Morgan fingerprint density at radius 1 is 1.44 bits per heavy atom. The van der Waals surface area contributed by atoms with Crippen LogP contribution in [0.4, 0.5) is 5.69 Å². The van der Waals surface area contributed by atoms with Gasteiger partial charge in [0.2, 0.25) is 0 Å². The van der Waals surface area contributed by atoms with E-state index in [-0.39, 0.29) is 12.6 Å². The van der Waals surface area contributed by atoms with E-state index in [2.05, 4.69) is 11.4 Å². The van der Waals surface area contributed by atoms with E-state index in [1.807, 2.05) is 6.07 Å². The van der Waals surface area contributed by atoms with Crippen LogP contribution < -0.4 is 11.1 Å². The molecule has 1 saturated carbocycles. The maximum absolute atomic E-state index is 9.50. The molecule has 1 aromatic carbocycles. The zero-order valence-corrected chi connectivity index (χ0v) is 10.4. The summed E-state index contributed by atoms with van der Waals surface area (Å²) in [4.78, 5) is 0. The lowest BCUT2D eigenvalue weighted by Gasteiger charge is -2.21. The predicted octanol–water partition coefficient (Wildman–Crippen LogP) is 1.71. The van der Waals surface area contributed by atoms with Crippen LogP contribution in [0.25, 0.3) is 0 Å². The van der Waals surface area contributed by atoms with E-state index < -0.39 is 0 Å². The van der Waals surface area contributed by atoms with Gasteiger partial charge < -0.3 is 16.2 Å². The summed E-state index contributed by atoms with van der Waals surface area (Å²) >= 11 is 0. The van der Waals surface area contributed by atoms with Crippen molar-refractivity contribution in [1.82, 2.24) is 5.32 Å². The van der Waals surface area contributed by atoms with Crippen molar-refractivity contribution in [1.29, 1.82) is 5.26 Å². The number of nitrogens with two attached hydrogens (primary N) is 1. The summed E-state index contributed by atoms with van der Waals surface area (Å²) in [7, 11) is 0. The Hall–Kier alpha value is -1.57. The maximum atomic E-state index is 9.50. The monoisotopic (exact) mass is 245 g/mol. The van der Waals surface area contributed by atoms with E-state index in [1.165, 1.54) is 12.8 Å². The van der Waals surface area contributed by atoms with Crippen LogP contribution in [0.15, 0.2) is 18.2 Å². The first-order chi connectivity index (χ1) is 8.74. The van der Waals surface area contributed by atoms with Gasteiger partial charge in [0.25, 0.3) is 0 Å². The molecule has 1 fully saturated rings. The molecule has 0 heterocycles. The normalized spacial score (nSPS) is 17.6. The standard InChI is InChI=1S/C14H19N3O/c15-8-11-7-10(5-6-13(11)16)14(9-18)17-12-3-1-2-4-12/h5-7,12,14,17-18H,1-4,9,16H2. The fourth-order valence-electron chi connectivity index (χ4n) is 2.52. The van der Waals surface area contributed by atoms with Gasteiger partial charge in [-0.25, -0.2) is 0 Å². The van der Waals surface area contributed by atoms with Gasteiger partial charge in [0.15, 0.2) is 0 Å². The fourth-order valence-corrected chi connectivity index (χ4v) is 2.52. The molecule has 4 N–H and O–H groups in total. The molecule has 0 spiro atoms. The number of benzene rings is 1. The van der Waals surface area contributed by atoms with E-state index in [0.29, 0.717) is 17.3 Å². The third kappa shape index (κ3) is 2.81. The molecule has 0 amide bonds. The average molecular weight is 245 g/mol. The van der Waals surface area contributed by atoms with Crippen molar-refractivity contribution >= 4 is 5.69 Å². The molecule has 0 bridgehead atoms. The lowest BCUT2D eigenvalue weighted by atomic mass is 10.0. The van der Waals surface area contributed by atoms with Gasteiger partial charge >= 0.3 is 0 Å². The molecule has 0 aliphatic heterocycles. The molecule has 18 heavy (non-hydrogen) atoms. The van der Waals surface area contributed by atoms with E-state index in [9.17, 15) is 5.11 Å². The number of nitrogen functional groups attached to an aromatic ring is 1. The second-order valence-corrected chi connectivity index (χ2v) is 4.84. The van der Waals surface area contributed by atoms with E-state index in [0.717, 1.165) is 18.4 Å². The molecular weight excluding hydrogens is 226 g/mol. The number of nitrogens with zero attached hydrogens (tertiary/aromatic N) is 1. The third-order valence-corrected chi connectivity index (χ3v) is 3.57. The minimum absolute atomic E-state index is 0.0330. The van der Waals surface area contributed by atoms with E-state index in [1.54, 1.807) is 12.1 Å². The van der Waals surface area contributed by atoms with Crippen LogP contribution in [0.2, 0.25) is 0 Å². The minimum atomic E-state index is -0.110. The third-order valence-electron chi connectivity index (χ3n) is 3.57. The van der Waals surface area contributed by atoms with Crippen molar-refractivity contribution in [2.75, 3.05) is 12.3 Å². The molecule has 1 aliphatic rings. The van der Waals surface area contributed by atoms with Crippen molar-refractivity contribution in [3.8, 4) is 6.07 Å². The summed E-state index contributed by atoms with van der Waals surface area (Å²) < 4.78 is 0. The number of aliphatic hydroxyl groups excluding tert-OH is 1. The summed E-state index contributed by atoms with van der Waals surface area (Å²) in [5.41, 5.74) is 7.58. The predicted molar refractivity (Wildman–Crippen MR) is 70.8 cm³/mol. The topological polar surface area (TPSA) is 82.1 Å². The first kappa shape index (κ1) is 12.9. The van der Waals surface area contributed by atoms with Crippen LogP contribution in [0.1, 0.15) is 42.9 Å². The molecule has 1 unspecified atom stereocenters. The van der Waals surface area contributed by atoms with Crippen LogP contribution in [-0.2, 0) is 0 Å². The van der Waals surface area contributed by atoms with Gasteiger partial charge in [0.1, 0.15) is 6.07 Å². The first-order valence-corrected chi connectivity index (χ1v) is 6.41. The van der Waals surface area contributed by atoms with Crippen molar-refractivity contribution in [2.45, 2.75) is 37.8 Å². The highest BCUT2D eigenvalue weighted by molar-refractivity contribution is 5.55. The van der Waals surface area contributed by atoms with Gasteiger partial charge in [0.05, 0.1) is 18.2 Å². The maximum Gasteiger partial charge on any atom is 0.101 e. The molecular formula is C14H19N3O. The van der Waals surface area contributed by atoms with Crippen LogP contribution in [0, 0.1) is 11.3 Å². The smallest absolute Gasteiger partial charge is 0.101 e. The van der Waals surface area contributed by atoms with E-state index in [4.69, 9.17) is 11.0 Å².